The number of hydrogen-bond donors (Lipinski definition) is 8. The molecule has 0 aliphatic carbocycles. The number of aliphatic hydroxyl groups is 1. The molecule has 5 atom stereocenters. The highest BCUT2D eigenvalue weighted by Gasteiger charge is 2.31. The molecular formula is C24H34N6O7S. The fourth-order valence-electron chi connectivity index (χ4n) is 3.43. The fraction of sp³-hybridized carbons (Fsp3) is 0.458. The lowest BCUT2D eigenvalue weighted by molar-refractivity contribution is -0.142. The van der Waals surface area contributed by atoms with E-state index in [4.69, 9.17) is 5.73 Å². The number of nitrogens with one attached hydrogen (secondary N) is 4. The number of aromatic nitrogens is 2. The standard InChI is InChI=1S/C24H34N6O7S/c1-13(31)20(25)23(35)28-17(7-8-38-2)21(33)29-18(10-15-11-26-12-27-15)22(34)30-19(24(36)37)9-14-3-5-16(32)6-4-14/h3-6,11-13,17-20,31-32H,7-10,25H2,1-2H3,(H,26,27)(H,28,35)(H,29,33)(H,30,34)(H,36,37). The van der Waals surface area contributed by atoms with Crippen LogP contribution in [0.3, 0.4) is 0 Å². The molecule has 0 spiro atoms. The Bertz CT molecular complexity index is 1060. The average molecular weight is 551 g/mol. The number of phenols is 1. The van der Waals surface area contributed by atoms with Gasteiger partial charge in [-0.3, -0.25) is 14.4 Å². The quantitative estimate of drug-likeness (QED) is 0.134. The molecule has 1 aromatic heterocycles. The molecule has 0 saturated heterocycles. The van der Waals surface area contributed by atoms with Gasteiger partial charge in [0, 0.05) is 24.7 Å². The smallest absolute Gasteiger partial charge is 0.326 e. The number of aliphatic hydroxyl groups excluding tert-OH is 1. The average Bonchev–Trinajstić information content (AvgIpc) is 3.39. The van der Waals surface area contributed by atoms with Crippen LogP contribution in [0.4, 0.5) is 0 Å². The predicted molar refractivity (Wildman–Crippen MR) is 140 cm³/mol. The van der Waals surface area contributed by atoms with Crippen molar-refractivity contribution in [1.82, 2.24) is 25.9 Å². The first-order valence-electron chi connectivity index (χ1n) is 11.8. The zero-order valence-electron chi connectivity index (χ0n) is 21.1. The minimum Gasteiger partial charge on any atom is -0.508 e. The molecule has 0 saturated carbocycles. The van der Waals surface area contributed by atoms with Gasteiger partial charge >= 0.3 is 5.97 Å². The number of aromatic hydroxyl groups is 1. The molecule has 9 N–H and O–H groups in total. The number of hydrogen-bond acceptors (Lipinski definition) is 9. The number of nitrogens with zero attached hydrogens (tertiary/aromatic N) is 1. The summed E-state index contributed by atoms with van der Waals surface area (Å²) in [5.41, 5.74) is 6.77. The van der Waals surface area contributed by atoms with E-state index in [2.05, 4.69) is 25.9 Å². The number of carbonyl (C=O) groups excluding carboxylic acids is 3. The predicted octanol–water partition coefficient (Wildman–Crippen LogP) is -1.10. The number of carbonyl (C=O) groups is 4. The molecule has 2 rings (SSSR count). The zero-order valence-corrected chi connectivity index (χ0v) is 21.9. The second kappa shape index (κ2) is 15.0. The number of amides is 3. The minimum absolute atomic E-state index is 0.0181. The number of rotatable bonds is 15. The summed E-state index contributed by atoms with van der Waals surface area (Å²) in [6.45, 7) is 1.35. The van der Waals surface area contributed by atoms with Crippen LogP contribution in [0, 0.1) is 0 Å². The van der Waals surface area contributed by atoms with E-state index in [-0.39, 0.29) is 25.0 Å². The van der Waals surface area contributed by atoms with Gasteiger partial charge in [0.25, 0.3) is 0 Å². The monoisotopic (exact) mass is 550 g/mol. The molecule has 5 unspecified atom stereocenters. The Morgan fingerprint density at radius 1 is 1.00 bits per heavy atom. The van der Waals surface area contributed by atoms with E-state index in [1.807, 2.05) is 6.26 Å². The molecule has 14 heteroatoms. The van der Waals surface area contributed by atoms with Crippen molar-refractivity contribution in [2.45, 2.75) is 56.5 Å². The van der Waals surface area contributed by atoms with Gasteiger partial charge in [-0.1, -0.05) is 12.1 Å². The van der Waals surface area contributed by atoms with Gasteiger partial charge in [-0.25, -0.2) is 9.78 Å². The molecule has 0 bridgehead atoms. The van der Waals surface area contributed by atoms with Gasteiger partial charge in [0.2, 0.25) is 17.7 Å². The van der Waals surface area contributed by atoms with Crippen LogP contribution in [0.1, 0.15) is 24.6 Å². The van der Waals surface area contributed by atoms with Crippen molar-refractivity contribution in [2.24, 2.45) is 5.73 Å². The van der Waals surface area contributed by atoms with E-state index in [1.54, 1.807) is 0 Å². The number of benzene rings is 1. The third-order valence-electron chi connectivity index (χ3n) is 5.67. The summed E-state index contributed by atoms with van der Waals surface area (Å²) in [5.74, 6) is -2.91. The van der Waals surface area contributed by atoms with Gasteiger partial charge in [-0.15, -0.1) is 0 Å². The number of aliphatic carboxylic acids is 1. The normalized spacial score (nSPS) is 14.9. The first-order valence-corrected chi connectivity index (χ1v) is 13.2. The largest absolute Gasteiger partial charge is 0.508 e. The first kappa shape index (κ1) is 30.6. The van der Waals surface area contributed by atoms with E-state index >= 15 is 0 Å². The number of H-pyrrole nitrogens is 1. The lowest BCUT2D eigenvalue weighted by atomic mass is 10.0. The van der Waals surface area contributed by atoms with Crippen molar-refractivity contribution in [2.75, 3.05) is 12.0 Å². The number of aromatic amines is 1. The molecule has 1 aromatic carbocycles. The van der Waals surface area contributed by atoms with E-state index in [0.717, 1.165) is 0 Å². The fourth-order valence-corrected chi connectivity index (χ4v) is 3.90. The Kier molecular flexibility index (Phi) is 12.0. The van der Waals surface area contributed by atoms with Crippen LogP contribution in [-0.2, 0) is 32.0 Å². The lowest BCUT2D eigenvalue weighted by Crippen LogP contribution is -2.58. The Morgan fingerprint density at radius 2 is 1.61 bits per heavy atom. The van der Waals surface area contributed by atoms with Crippen LogP contribution in [0.15, 0.2) is 36.8 Å². The molecule has 0 aliphatic heterocycles. The number of phenolic OH excluding ortho intramolecular Hbond substituents is 1. The highest BCUT2D eigenvalue weighted by molar-refractivity contribution is 7.98. The topological polar surface area (TPSA) is 220 Å². The molecule has 1 heterocycles. The third-order valence-corrected chi connectivity index (χ3v) is 6.31. The number of imidazole rings is 1. The van der Waals surface area contributed by atoms with Crippen molar-refractivity contribution in [1.29, 1.82) is 0 Å². The van der Waals surface area contributed by atoms with Crippen molar-refractivity contribution in [3.05, 3.63) is 48.0 Å². The van der Waals surface area contributed by atoms with Crippen molar-refractivity contribution in [3.8, 4) is 5.75 Å². The summed E-state index contributed by atoms with van der Waals surface area (Å²) in [6.07, 6.45) is 3.69. The van der Waals surface area contributed by atoms with Crippen LogP contribution >= 0.6 is 11.8 Å². The van der Waals surface area contributed by atoms with Crippen LogP contribution in [0.2, 0.25) is 0 Å². The highest BCUT2D eigenvalue weighted by atomic mass is 32.2. The summed E-state index contributed by atoms with van der Waals surface area (Å²) in [7, 11) is 0. The summed E-state index contributed by atoms with van der Waals surface area (Å²) < 4.78 is 0. The Morgan fingerprint density at radius 3 is 2.16 bits per heavy atom. The third kappa shape index (κ3) is 9.68. The molecule has 3 amide bonds. The zero-order chi connectivity index (χ0) is 28.2. The van der Waals surface area contributed by atoms with Crippen LogP contribution < -0.4 is 21.7 Å². The van der Waals surface area contributed by atoms with Crippen molar-refractivity contribution in [3.63, 3.8) is 0 Å². The molecule has 2 aromatic rings. The van der Waals surface area contributed by atoms with Gasteiger partial charge in [0.05, 0.1) is 12.4 Å². The molecule has 38 heavy (non-hydrogen) atoms. The molecular weight excluding hydrogens is 516 g/mol. The number of nitrogens with two attached hydrogens (primary N) is 1. The van der Waals surface area contributed by atoms with E-state index in [1.165, 1.54) is 55.5 Å². The van der Waals surface area contributed by atoms with Crippen LogP contribution in [0.5, 0.6) is 5.75 Å². The summed E-state index contributed by atoms with van der Waals surface area (Å²) in [6, 6.07) is 1.07. The maximum atomic E-state index is 13.2. The number of carboxylic acids is 1. The SMILES string of the molecule is CSCCC(NC(=O)C(N)C(C)O)C(=O)NC(Cc1cnc[nH]1)C(=O)NC(Cc1ccc(O)cc1)C(=O)O. The molecule has 0 fully saturated rings. The number of carboxylic acid groups (broad SMARTS) is 1. The minimum atomic E-state index is -1.32. The van der Waals surface area contributed by atoms with E-state index in [9.17, 15) is 34.5 Å². The Labute approximate surface area is 224 Å². The second-order valence-corrected chi connectivity index (χ2v) is 9.71. The van der Waals surface area contributed by atoms with E-state index < -0.39 is 54.0 Å². The first-order chi connectivity index (χ1) is 18.0. The van der Waals surface area contributed by atoms with Gasteiger partial charge in [-0.05, 0) is 43.0 Å². The van der Waals surface area contributed by atoms with Crippen LogP contribution in [-0.4, -0.2) is 91.3 Å². The van der Waals surface area contributed by atoms with Gasteiger partial charge in [0.1, 0.15) is 29.9 Å². The maximum Gasteiger partial charge on any atom is 0.326 e. The van der Waals surface area contributed by atoms with Crippen molar-refractivity contribution < 1.29 is 34.5 Å². The summed E-state index contributed by atoms with van der Waals surface area (Å²) in [5, 5.41) is 36.3. The second-order valence-electron chi connectivity index (χ2n) is 8.72. The van der Waals surface area contributed by atoms with Gasteiger partial charge < -0.3 is 42.0 Å². The summed E-state index contributed by atoms with van der Waals surface area (Å²) >= 11 is 1.45. The Hall–Kier alpha value is -3.62. The Balaban J connectivity index is 2.20. The maximum absolute atomic E-state index is 13.2. The molecule has 13 nitrogen and oxygen atoms in total. The van der Waals surface area contributed by atoms with E-state index in [0.29, 0.717) is 17.0 Å². The molecule has 0 aliphatic rings. The number of thioether (sulfide) groups is 1. The lowest BCUT2D eigenvalue weighted by Gasteiger charge is -2.25. The summed E-state index contributed by atoms with van der Waals surface area (Å²) in [4.78, 5) is 57.4. The van der Waals surface area contributed by atoms with Gasteiger partial charge in [0.15, 0.2) is 0 Å². The highest BCUT2D eigenvalue weighted by Crippen LogP contribution is 2.12. The molecule has 208 valence electrons. The molecule has 0 radical (unpaired) electrons. The van der Waals surface area contributed by atoms with Crippen LogP contribution in [0.25, 0.3) is 0 Å². The van der Waals surface area contributed by atoms with Gasteiger partial charge in [-0.2, -0.15) is 11.8 Å². The van der Waals surface area contributed by atoms with Crippen molar-refractivity contribution >= 4 is 35.5 Å².